The van der Waals surface area contributed by atoms with Crippen molar-refractivity contribution in [3.05, 3.63) is 17.5 Å². The predicted molar refractivity (Wildman–Crippen MR) is 63.4 cm³/mol. The Hall–Kier alpha value is -1.07. The molecule has 6 heteroatoms. The maximum absolute atomic E-state index is 13.3. The number of aryl methyl sites for hydroxylation is 1. The lowest BCUT2D eigenvalue weighted by Gasteiger charge is -2.23. The van der Waals surface area contributed by atoms with Gasteiger partial charge in [0, 0.05) is 32.5 Å². The molecule has 2 nitrogen and oxygen atoms in total. The van der Waals surface area contributed by atoms with E-state index in [4.69, 9.17) is 0 Å². The van der Waals surface area contributed by atoms with Crippen molar-refractivity contribution in [1.29, 1.82) is 0 Å². The predicted octanol–water partition coefficient (Wildman–Crippen LogP) is 4.13. The molecule has 1 saturated carbocycles. The zero-order valence-corrected chi connectivity index (χ0v) is 11.3. The maximum Gasteiger partial charge on any atom is 0.289 e. The highest BCUT2D eigenvalue weighted by atomic mass is 19.3. The van der Waals surface area contributed by atoms with E-state index in [0.29, 0.717) is 12.0 Å². The molecule has 0 radical (unpaired) electrons. The second kappa shape index (κ2) is 4.21. The number of rotatable bonds is 3. The smallest absolute Gasteiger partial charge is 0.271 e. The third-order valence-electron chi connectivity index (χ3n) is 3.68. The summed E-state index contributed by atoms with van der Waals surface area (Å²) in [6.45, 7) is 4.36. The van der Waals surface area contributed by atoms with Gasteiger partial charge in [-0.1, -0.05) is 6.92 Å². The lowest BCUT2D eigenvalue weighted by Crippen LogP contribution is -2.23. The van der Waals surface area contributed by atoms with Crippen molar-refractivity contribution >= 4 is 0 Å². The summed E-state index contributed by atoms with van der Waals surface area (Å²) in [6.07, 6.45) is 1.54. The molecule has 0 saturated heterocycles. The van der Waals surface area contributed by atoms with Gasteiger partial charge in [-0.2, -0.15) is 13.9 Å². The fourth-order valence-electron chi connectivity index (χ4n) is 2.85. The largest absolute Gasteiger partial charge is 0.289 e. The molecule has 1 aromatic heterocycles. The zero-order chi connectivity index (χ0) is 14.5. The van der Waals surface area contributed by atoms with Gasteiger partial charge in [0.2, 0.25) is 5.92 Å². The Morgan fingerprint density at radius 1 is 1.37 bits per heavy atom. The van der Waals surface area contributed by atoms with E-state index in [1.54, 1.807) is 13.8 Å². The van der Waals surface area contributed by atoms with E-state index in [0.717, 1.165) is 6.92 Å². The Balaban J connectivity index is 2.17. The van der Waals surface area contributed by atoms with Crippen molar-refractivity contribution in [2.75, 3.05) is 0 Å². The van der Waals surface area contributed by atoms with Crippen LogP contribution in [0.2, 0.25) is 0 Å². The van der Waals surface area contributed by atoms with Crippen LogP contribution >= 0.6 is 0 Å². The van der Waals surface area contributed by atoms with Crippen LogP contribution in [0.1, 0.15) is 44.4 Å². The average molecular weight is 278 g/mol. The first-order valence-corrected chi connectivity index (χ1v) is 6.31. The van der Waals surface area contributed by atoms with Crippen molar-refractivity contribution in [1.82, 2.24) is 9.78 Å². The van der Waals surface area contributed by atoms with E-state index in [-0.39, 0.29) is 25.1 Å². The SMILES string of the molecule is Cc1cn(CC2(C)CCC(F)(F)C2)nc1C(C)(F)F. The fourth-order valence-corrected chi connectivity index (χ4v) is 2.85. The molecule has 0 aromatic carbocycles. The Morgan fingerprint density at radius 3 is 2.42 bits per heavy atom. The summed E-state index contributed by atoms with van der Waals surface area (Å²) in [6, 6.07) is 0. The molecule has 1 aromatic rings. The summed E-state index contributed by atoms with van der Waals surface area (Å²) < 4.78 is 54.4. The van der Waals surface area contributed by atoms with Crippen molar-refractivity contribution in [3.63, 3.8) is 0 Å². The number of nitrogens with zero attached hydrogens (tertiary/aromatic N) is 2. The third kappa shape index (κ3) is 3.09. The molecule has 1 aliphatic carbocycles. The van der Waals surface area contributed by atoms with Crippen LogP contribution in [-0.4, -0.2) is 15.7 Å². The Labute approximate surface area is 109 Å². The maximum atomic E-state index is 13.3. The highest BCUT2D eigenvalue weighted by Gasteiger charge is 2.47. The Morgan fingerprint density at radius 2 is 2.00 bits per heavy atom. The second-order valence-electron chi connectivity index (χ2n) is 6.09. The van der Waals surface area contributed by atoms with Gasteiger partial charge in [0.05, 0.1) is 0 Å². The van der Waals surface area contributed by atoms with Gasteiger partial charge in [-0.3, -0.25) is 4.68 Å². The molecule has 1 aliphatic rings. The van der Waals surface area contributed by atoms with Gasteiger partial charge in [0.25, 0.3) is 5.92 Å². The lowest BCUT2D eigenvalue weighted by molar-refractivity contribution is -0.00485. The molecular weight excluding hydrogens is 260 g/mol. The fraction of sp³-hybridized carbons (Fsp3) is 0.769. The van der Waals surface area contributed by atoms with Crippen LogP contribution in [0.15, 0.2) is 6.20 Å². The minimum absolute atomic E-state index is 0.138. The van der Waals surface area contributed by atoms with Crippen LogP contribution in [0, 0.1) is 12.3 Å². The van der Waals surface area contributed by atoms with Gasteiger partial charge in [-0.05, 0) is 24.3 Å². The highest BCUT2D eigenvalue weighted by molar-refractivity contribution is 5.19. The van der Waals surface area contributed by atoms with Gasteiger partial charge in [-0.15, -0.1) is 0 Å². The number of aromatic nitrogens is 2. The number of alkyl halides is 4. The van der Waals surface area contributed by atoms with Crippen LogP contribution < -0.4 is 0 Å². The zero-order valence-electron chi connectivity index (χ0n) is 11.3. The summed E-state index contributed by atoms with van der Waals surface area (Å²) in [5.74, 6) is -5.65. The van der Waals surface area contributed by atoms with E-state index in [2.05, 4.69) is 5.10 Å². The number of halogens is 4. The molecule has 19 heavy (non-hydrogen) atoms. The molecule has 0 amide bonds. The molecule has 2 rings (SSSR count). The van der Waals surface area contributed by atoms with E-state index in [1.165, 1.54) is 10.9 Å². The van der Waals surface area contributed by atoms with Gasteiger partial charge in [0.15, 0.2) is 0 Å². The minimum Gasteiger partial charge on any atom is -0.271 e. The van der Waals surface area contributed by atoms with Crippen LogP contribution in [-0.2, 0) is 12.5 Å². The first-order valence-electron chi connectivity index (χ1n) is 6.31. The molecule has 1 atom stereocenters. The molecule has 0 spiro atoms. The topological polar surface area (TPSA) is 17.8 Å². The summed E-state index contributed by atoms with van der Waals surface area (Å²) in [7, 11) is 0. The molecule has 1 unspecified atom stereocenters. The highest BCUT2D eigenvalue weighted by Crippen LogP contribution is 2.48. The van der Waals surface area contributed by atoms with Gasteiger partial charge in [0.1, 0.15) is 5.69 Å². The normalized spacial score (nSPS) is 26.9. The molecule has 108 valence electrons. The monoisotopic (exact) mass is 278 g/mol. The minimum atomic E-state index is -3.00. The van der Waals surface area contributed by atoms with Crippen molar-refractivity contribution < 1.29 is 17.6 Å². The van der Waals surface area contributed by atoms with Gasteiger partial charge >= 0.3 is 0 Å². The average Bonchev–Trinajstić information content (AvgIpc) is 2.66. The van der Waals surface area contributed by atoms with Crippen molar-refractivity contribution in [2.45, 2.75) is 58.4 Å². The van der Waals surface area contributed by atoms with E-state index >= 15 is 0 Å². The van der Waals surface area contributed by atoms with Crippen molar-refractivity contribution in [2.24, 2.45) is 5.41 Å². The third-order valence-corrected chi connectivity index (χ3v) is 3.68. The van der Waals surface area contributed by atoms with Crippen LogP contribution in [0.4, 0.5) is 17.6 Å². The van der Waals surface area contributed by atoms with Crippen molar-refractivity contribution in [3.8, 4) is 0 Å². The molecule has 0 aliphatic heterocycles. The first-order chi connectivity index (χ1) is 8.51. The van der Waals surface area contributed by atoms with E-state index < -0.39 is 17.3 Å². The van der Waals surface area contributed by atoms with Gasteiger partial charge < -0.3 is 0 Å². The molecular formula is C13H18F4N2. The van der Waals surface area contributed by atoms with E-state index in [9.17, 15) is 17.6 Å². The summed E-state index contributed by atoms with van der Waals surface area (Å²) in [4.78, 5) is 0. The van der Waals surface area contributed by atoms with Gasteiger partial charge in [-0.25, -0.2) is 8.78 Å². The molecule has 1 heterocycles. The second-order valence-corrected chi connectivity index (χ2v) is 6.09. The number of hydrogen-bond donors (Lipinski definition) is 0. The Bertz CT molecular complexity index is 475. The molecule has 1 fully saturated rings. The quantitative estimate of drug-likeness (QED) is 0.760. The van der Waals surface area contributed by atoms with Crippen LogP contribution in [0.25, 0.3) is 0 Å². The van der Waals surface area contributed by atoms with Crippen LogP contribution in [0.3, 0.4) is 0 Å². The number of hydrogen-bond acceptors (Lipinski definition) is 1. The lowest BCUT2D eigenvalue weighted by atomic mass is 9.89. The summed E-state index contributed by atoms with van der Waals surface area (Å²) >= 11 is 0. The van der Waals surface area contributed by atoms with E-state index in [1.807, 2.05) is 0 Å². The summed E-state index contributed by atoms with van der Waals surface area (Å²) in [5.41, 5.74) is -0.468. The standard InChI is InChI=1S/C13H18F4N2/c1-9-6-19(18-10(9)12(3,14)15)8-11(2)4-5-13(16,17)7-11/h6H,4-5,7-8H2,1-3H3. The summed E-state index contributed by atoms with van der Waals surface area (Å²) in [5, 5.41) is 3.86. The Kier molecular flexibility index (Phi) is 3.18. The first kappa shape index (κ1) is 14.3. The van der Waals surface area contributed by atoms with Crippen LogP contribution in [0.5, 0.6) is 0 Å². The molecule has 0 bridgehead atoms. The molecule has 0 N–H and O–H groups in total.